The molecule has 1 rings (SSSR count). The maximum absolute atomic E-state index is 12.0. The van der Waals surface area contributed by atoms with Crippen molar-refractivity contribution in [2.75, 3.05) is 6.54 Å². The number of carbonyl (C=O) groups excluding carboxylic acids is 1. The van der Waals surface area contributed by atoms with E-state index in [0.717, 1.165) is 6.42 Å². The van der Waals surface area contributed by atoms with E-state index >= 15 is 0 Å². The highest BCUT2D eigenvalue weighted by atomic mass is 16.5. The van der Waals surface area contributed by atoms with Gasteiger partial charge in [-0.1, -0.05) is 6.92 Å². The molecular formula is C14H22N2O2. The van der Waals surface area contributed by atoms with Gasteiger partial charge >= 0.3 is 0 Å². The van der Waals surface area contributed by atoms with Gasteiger partial charge < -0.3 is 10.5 Å². The molecule has 0 spiro atoms. The van der Waals surface area contributed by atoms with E-state index in [2.05, 4.69) is 4.98 Å². The molecule has 0 amide bonds. The minimum Gasteiger partial charge on any atom is -0.489 e. The van der Waals surface area contributed by atoms with Gasteiger partial charge in [0.1, 0.15) is 5.75 Å². The standard InChI is InChI=1S/C14H22N2O2/c1-10(2)18-13-6-12(8-16-9-13)14(17)5-4-11(3)7-15/h6,8-11H,4-5,7,15H2,1-3H3. The number of carbonyl (C=O) groups is 1. The van der Waals surface area contributed by atoms with Crippen molar-refractivity contribution in [3.05, 3.63) is 24.0 Å². The molecule has 0 bridgehead atoms. The fraction of sp³-hybridized carbons (Fsp3) is 0.571. The van der Waals surface area contributed by atoms with Crippen molar-refractivity contribution in [1.82, 2.24) is 4.98 Å². The van der Waals surface area contributed by atoms with Crippen LogP contribution in [0.25, 0.3) is 0 Å². The van der Waals surface area contributed by atoms with Crippen molar-refractivity contribution in [3.8, 4) is 5.75 Å². The van der Waals surface area contributed by atoms with Crippen molar-refractivity contribution in [2.24, 2.45) is 11.7 Å². The molecule has 18 heavy (non-hydrogen) atoms. The van der Waals surface area contributed by atoms with Crippen LogP contribution in [0, 0.1) is 5.92 Å². The normalized spacial score (nSPS) is 12.5. The zero-order chi connectivity index (χ0) is 13.5. The summed E-state index contributed by atoms with van der Waals surface area (Å²) in [6.07, 6.45) is 4.60. The minimum absolute atomic E-state index is 0.0782. The Bertz CT molecular complexity index is 391. The zero-order valence-electron chi connectivity index (χ0n) is 11.3. The van der Waals surface area contributed by atoms with Gasteiger partial charge in [-0.05, 0) is 38.8 Å². The number of pyridine rings is 1. The van der Waals surface area contributed by atoms with Gasteiger partial charge in [0.15, 0.2) is 5.78 Å². The topological polar surface area (TPSA) is 65.2 Å². The van der Waals surface area contributed by atoms with Gasteiger partial charge in [0.25, 0.3) is 0 Å². The summed E-state index contributed by atoms with van der Waals surface area (Å²) in [5.41, 5.74) is 6.14. The zero-order valence-corrected chi connectivity index (χ0v) is 11.3. The van der Waals surface area contributed by atoms with Crippen molar-refractivity contribution < 1.29 is 9.53 Å². The lowest BCUT2D eigenvalue weighted by Crippen LogP contribution is -2.12. The molecule has 0 aliphatic rings. The van der Waals surface area contributed by atoms with Crippen molar-refractivity contribution in [3.63, 3.8) is 0 Å². The maximum atomic E-state index is 12.0. The molecule has 1 unspecified atom stereocenters. The van der Waals surface area contributed by atoms with Crippen molar-refractivity contribution in [2.45, 2.75) is 39.7 Å². The molecule has 0 saturated carbocycles. The minimum atomic E-state index is 0.0782. The number of ketones is 1. The second-order valence-corrected chi connectivity index (χ2v) is 4.88. The Balaban J connectivity index is 2.62. The smallest absolute Gasteiger partial charge is 0.164 e. The van der Waals surface area contributed by atoms with Gasteiger partial charge in [-0.15, -0.1) is 0 Å². The molecule has 0 aliphatic heterocycles. The number of hydrogen-bond acceptors (Lipinski definition) is 4. The third kappa shape index (κ3) is 4.84. The van der Waals surface area contributed by atoms with E-state index in [9.17, 15) is 4.79 Å². The van der Waals surface area contributed by atoms with Gasteiger partial charge in [-0.2, -0.15) is 0 Å². The summed E-state index contributed by atoms with van der Waals surface area (Å²) >= 11 is 0. The lowest BCUT2D eigenvalue weighted by molar-refractivity contribution is 0.0974. The molecule has 4 heteroatoms. The number of hydrogen-bond donors (Lipinski definition) is 1. The Kier molecular flexibility index (Phi) is 5.78. The van der Waals surface area contributed by atoms with Crippen LogP contribution in [0.15, 0.2) is 18.5 Å². The predicted molar refractivity (Wildman–Crippen MR) is 71.8 cm³/mol. The van der Waals surface area contributed by atoms with Crippen LogP contribution in [-0.4, -0.2) is 23.4 Å². The van der Waals surface area contributed by atoms with Crippen molar-refractivity contribution >= 4 is 5.78 Å². The fourth-order valence-corrected chi connectivity index (χ4v) is 1.55. The van der Waals surface area contributed by atoms with Crippen LogP contribution in [0.5, 0.6) is 5.75 Å². The molecule has 0 aliphatic carbocycles. The summed E-state index contributed by atoms with van der Waals surface area (Å²) in [6.45, 7) is 6.54. The van der Waals surface area contributed by atoms with Crippen molar-refractivity contribution in [1.29, 1.82) is 0 Å². The lowest BCUT2D eigenvalue weighted by Gasteiger charge is -2.10. The van der Waals surface area contributed by atoms with Gasteiger partial charge in [-0.3, -0.25) is 9.78 Å². The molecule has 4 nitrogen and oxygen atoms in total. The van der Waals surface area contributed by atoms with E-state index in [1.165, 1.54) is 0 Å². The van der Waals surface area contributed by atoms with E-state index in [-0.39, 0.29) is 11.9 Å². The highest BCUT2D eigenvalue weighted by Crippen LogP contribution is 2.16. The first kappa shape index (κ1) is 14.6. The Morgan fingerprint density at radius 2 is 2.11 bits per heavy atom. The first-order valence-corrected chi connectivity index (χ1v) is 6.38. The second kappa shape index (κ2) is 7.11. The summed E-state index contributed by atoms with van der Waals surface area (Å²) in [7, 11) is 0. The van der Waals surface area contributed by atoms with Crippen LogP contribution in [0.3, 0.4) is 0 Å². The lowest BCUT2D eigenvalue weighted by atomic mass is 10.0. The predicted octanol–water partition coefficient (Wildman–Crippen LogP) is 2.43. The first-order valence-electron chi connectivity index (χ1n) is 6.38. The Morgan fingerprint density at radius 1 is 1.39 bits per heavy atom. The maximum Gasteiger partial charge on any atom is 0.164 e. The molecule has 1 aromatic rings. The molecule has 1 aromatic heterocycles. The van der Waals surface area contributed by atoms with E-state index in [4.69, 9.17) is 10.5 Å². The van der Waals surface area contributed by atoms with Crippen LogP contribution in [0.4, 0.5) is 0 Å². The highest BCUT2D eigenvalue weighted by Gasteiger charge is 2.10. The average Bonchev–Trinajstić information content (AvgIpc) is 2.35. The number of rotatable bonds is 7. The van der Waals surface area contributed by atoms with Crippen LogP contribution < -0.4 is 10.5 Å². The second-order valence-electron chi connectivity index (χ2n) is 4.88. The van der Waals surface area contributed by atoms with Crippen LogP contribution >= 0.6 is 0 Å². The molecule has 2 N–H and O–H groups in total. The molecular weight excluding hydrogens is 228 g/mol. The third-order valence-corrected chi connectivity index (χ3v) is 2.67. The summed E-state index contributed by atoms with van der Waals surface area (Å²) in [5.74, 6) is 1.11. The van der Waals surface area contributed by atoms with Gasteiger partial charge in [0.05, 0.1) is 12.3 Å². The SMILES string of the molecule is CC(CN)CCC(=O)c1cncc(OC(C)C)c1. The molecule has 1 atom stereocenters. The van der Waals surface area contributed by atoms with Crippen LogP contribution in [0.1, 0.15) is 44.0 Å². The van der Waals surface area contributed by atoms with Crippen LogP contribution in [0.2, 0.25) is 0 Å². The number of aromatic nitrogens is 1. The van der Waals surface area contributed by atoms with E-state index < -0.39 is 0 Å². The molecule has 0 fully saturated rings. The summed E-state index contributed by atoms with van der Waals surface area (Å²) < 4.78 is 5.52. The molecule has 0 saturated heterocycles. The largest absolute Gasteiger partial charge is 0.489 e. The van der Waals surface area contributed by atoms with E-state index in [1.807, 2.05) is 20.8 Å². The van der Waals surface area contributed by atoms with E-state index in [1.54, 1.807) is 18.5 Å². The van der Waals surface area contributed by atoms with Gasteiger partial charge in [0, 0.05) is 18.2 Å². The Morgan fingerprint density at radius 3 is 2.72 bits per heavy atom. The molecule has 1 heterocycles. The quantitative estimate of drug-likeness (QED) is 0.755. The summed E-state index contributed by atoms with van der Waals surface area (Å²) in [6, 6.07) is 1.75. The number of Topliss-reactive ketones (excluding diaryl/α,β-unsaturated/α-hetero) is 1. The highest BCUT2D eigenvalue weighted by molar-refractivity contribution is 5.96. The van der Waals surface area contributed by atoms with Gasteiger partial charge in [-0.25, -0.2) is 0 Å². The monoisotopic (exact) mass is 250 g/mol. The summed E-state index contributed by atoms with van der Waals surface area (Å²) in [4.78, 5) is 16.0. The molecule has 0 aromatic carbocycles. The van der Waals surface area contributed by atoms with E-state index in [0.29, 0.717) is 30.2 Å². The number of nitrogens with two attached hydrogens (primary N) is 1. The number of nitrogens with zero attached hydrogens (tertiary/aromatic N) is 1. The Hall–Kier alpha value is -1.42. The molecule has 0 radical (unpaired) electrons. The molecule has 100 valence electrons. The first-order chi connectivity index (χ1) is 8.52. The average molecular weight is 250 g/mol. The summed E-state index contributed by atoms with van der Waals surface area (Å²) in [5, 5.41) is 0. The van der Waals surface area contributed by atoms with Gasteiger partial charge in [0.2, 0.25) is 0 Å². The number of ether oxygens (including phenoxy) is 1. The van der Waals surface area contributed by atoms with Crippen LogP contribution in [-0.2, 0) is 0 Å². The fourth-order valence-electron chi connectivity index (χ4n) is 1.55. The Labute approximate surface area is 109 Å². The third-order valence-electron chi connectivity index (χ3n) is 2.67.